The molecular formula is C22H39NO2. The first-order valence-electron chi connectivity index (χ1n) is 9.56. The van der Waals surface area contributed by atoms with Crippen LogP contribution in [0, 0.1) is 0 Å². The Morgan fingerprint density at radius 3 is 1.88 bits per heavy atom. The summed E-state index contributed by atoms with van der Waals surface area (Å²) in [6.45, 7) is 10.1. The zero-order valence-corrected chi connectivity index (χ0v) is 17.4. The highest BCUT2D eigenvalue weighted by atomic mass is 16.5. The molecule has 0 N–H and O–H groups in total. The van der Waals surface area contributed by atoms with Crippen LogP contribution in [0.2, 0.25) is 0 Å². The minimum atomic E-state index is -0.0854. The van der Waals surface area contributed by atoms with Crippen molar-refractivity contribution in [3.05, 3.63) is 34.9 Å². The van der Waals surface area contributed by atoms with Gasteiger partial charge in [0.05, 0.1) is 6.61 Å². The van der Waals surface area contributed by atoms with Crippen molar-refractivity contribution < 1.29 is 9.53 Å². The topological polar surface area (TPSA) is 29.5 Å². The van der Waals surface area contributed by atoms with E-state index in [2.05, 4.69) is 50.8 Å². The third kappa shape index (κ3) is 17.3. The van der Waals surface area contributed by atoms with E-state index in [1.807, 2.05) is 14.1 Å². The van der Waals surface area contributed by atoms with Gasteiger partial charge in [-0.15, -0.1) is 0 Å². The Labute approximate surface area is 155 Å². The summed E-state index contributed by atoms with van der Waals surface area (Å²) < 4.78 is 5.23. The van der Waals surface area contributed by atoms with Gasteiger partial charge in [-0.25, -0.2) is 0 Å². The Balaban J connectivity index is 3.83. The first kappa shape index (κ1) is 23.6. The Bertz CT molecular complexity index is 455. The van der Waals surface area contributed by atoms with Crippen LogP contribution in [0.15, 0.2) is 34.9 Å². The van der Waals surface area contributed by atoms with Gasteiger partial charge in [0.2, 0.25) is 0 Å². The van der Waals surface area contributed by atoms with E-state index in [0.717, 1.165) is 45.1 Å². The zero-order chi connectivity index (χ0) is 19.1. The molecular weight excluding hydrogens is 310 g/mol. The number of nitrogens with zero attached hydrogens (tertiary/aromatic N) is 1. The van der Waals surface area contributed by atoms with Crippen molar-refractivity contribution in [3.8, 4) is 0 Å². The lowest BCUT2D eigenvalue weighted by Crippen LogP contribution is -2.16. The summed E-state index contributed by atoms with van der Waals surface area (Å²) in [6, 6.07) is 0. The number of carbonyl (C=O) groups excluding carboxylic acids is 1. The molecule has 0 aliphatic carbocycles. The molecule has 0 atom stereocenters. The number of rotatable bonds is 13. The molecule has 0 radical (unpaired) electrons. The molecule has 0 rings (SSSR count). The Hall–Kier alpha value is -1.35. The van der Waals surface area contributed by atoms with Crippen LogP contribution in [0.3, 0.4) is 0 Å². The van der Waals surface area contributed by atoms with Crippen LogP contribution >= 0.6 is 0 Å². The maximum atomic E-state index is 11.6. The van der Waals surface area contributed by atoms with Crippen LogP contribution in [0.5, 0.6) is 0 Å². The van der Waals surface area contributed by atoms with E-state index in [1.54, 1.807) is 0 Å². The minimum absolute atomic E-state index is 0.0854. The molecule has 0 bridgehead atoms. The summed E-state index contributed by atoms with van der Waals surface area (Å²) in [5.74, 6) is -0.0854. The van der Waals surface area contributed by atoms with E-state index in [-0.39, 0.29) is 5.97 Å². The molecule has 0 aliphatic rings. The van der Waals surface area contributed by atoms with Crippen LogP contribution < -0.4 is 0 Å². The van der Waals surface area contributed by atoms with E-state index in [0.29, 0.717) is 13.0 Å². The van der Waals surface area contributed by atoms with E-state index in [4.69, 9.17) is 4.74 Å². The number of hydrogen-bond donors (Lipinski definition) is 0. The number of hydrogen-bond acceptors (Lipinski definition) is 3. The van der Waals surface area contributed by atoms with Crippen LogP contribution in [-0.2, 0) is 9.53 Å². The average Bonchev–Trinajstić information content (AvgIpc) is 2.51. The van der Waals surface area contributed by atoms with Gasteiger partial charge in [0.1, 0.15) is 0 Å². The standard InChI is InChI=1S/C22H39NO2/c1-19(2)11-7-12-20(3)13-8-14-21(4)15-9-16-22(24)25-18-10-17-23(5)6/h11,13,15H,7-10,12,14,16-18H2,1-6H3/b20-13+,21-15+. The van der Waals surface area contributed by atoms with E-state index in [9.17, 15) is 4.79 Å². The summed E-state index contributed by atoms with van der Waals surface area (Å²) in [4.78, 5) is 13.7. The Kier molecular flexibility index (Phi) is 14.1. The summed E-state index contributed by atoms with van der Waals surface area (Å²) in [5, 5.41) is 0. The number of ether oxygens (including phenoxy) is 1. The van der Waals surface area contributed by atoms with Gasteiger partial charge in [-0.05, 0) is 80.3 Å². The smallest absolute Gasteiger partial charge is 0.306 e. The summed E-state index contributed by atoms with van der Waals surface area (Å²) in [7, 11) is 4.05. The van der Waals surface area contributed by atoms with Crippen molar-refractivity contribution >= 4 is 5.97 Å². The monoisotopic (exact) mass is 349 g/mol. The highest BCUT2D eigenvalue weighted by Gasteiger charge is 2.01. The SMILES string of the molecule is CC(C)=CCC/C(C)=C/CC/C(C)=C/CCC(=O)OCCCN(C)C. The fourth-order valence-corrected chi connectivity index (χ4v) is 2.41. The predicted octanol–water partition coefficient (Wildman–Crippen LogP) is 5.68. The zero-order valence-electron chi connectivity index (χ0n) is 17.4. The van der Waals surface area contributed by atoms with Gasteiger partial charge in [0, 0.05) is 13.0 Å². The van der Waals surface area contributed by atoms with E-state index >= 15 is 0 Å². The molecule has 3 heteroatoms. The third-order valence-electron chi connectivity index (χ3n) is 3.98. The molecule has 0 spiro atoms. The molecule has 0 saturated heterocycles. The molecule has 25 heavy (non-hydrogen) atoms. The normalized spacial score (nSPS) is 12.4. The van der Waals surface area contributed by atoms with Gasteiger partial charge in [-0.1, -0.05) is 34.9 Å². The van der Waals surface area contributed by atoms with Gasteiger partial charge in [0.15, 0.2) is 0 Å². The molecule has 144 valence electrons. The predicted molar refractivity (Wildman–Crippen MR) is 109 cm³/mol. The van der Waals surface area contributed by atoms with Crippen LogP contribution in [0.1, 0.15) is 72.6 Å². The molecule has 0 unspecified atom stereocenters. The Morgan fingerprint density at radius 1 is 0.840 bits per heavy atom. The largest absolute Gasteiger partial charge is 0.466 e. The van der Waals surface area contributed by atoms with Crippen molar-refractivity contribution in [3.63, 3.8) is 0 Å². The van der Waals surface area contributed by atoms with Crippen molar-refractivity contribution in [2.24, 2.45) is 0 Å². The number of carbonyl (C=O) groups is 1. The molecule has 0 fully saturated rings. The lowest BCUT2D eigenvalue weighted by atomic mass is 10.1. The fourth-order valence-electron chi connectivity index (χ4n) is 2.41. The highest BCUT2D eigenvalue weighted by Crippen LogP contribution is 2.12. The lowest BCUT2D eigenvalue weighted by Gasteiger charge is -2.09. The molecule has 0 amide bonds. The molecule has 0 aliphatic heterocycles. The summed E-state index contributed by atoms with van der Waals surface area (Å²) in [5.41, 5.74) is 4.21. The maximum absolute atomic E-state index is 11.6. The summed E-state index contributed by atoms with van der Waals surface area (Å²) in [6.07, 6.45) is 13.4. The summed E-state index contributed by atoms with van der Waals surface area (Å²) >= 11 is 0. The van der Waals surface area contributed by atoms with Crippen molar-refractivity contribution in [1.29, 1.82) is 0 Å². The quantitative estimate of drug-likeness (QED) is 0.243. The molecule has 0 aromatic rings. The Morgan fingerprint density at radius 2 is 1.36 bits per heavy atom. The van der Waals surface area contributed by atoms with Gasteiger partial charge < -0.3 is 9.64 Å². The van der Waals surface area contributed by atoms with Crippen LogP contribution in [0.25, 0.3) is 0 Å². The first-order valence-corrected chi connectivity index (χ1v) is 9.56. The third-order valence-corrected chi connectivity index (χ3v) is 3.98. The van der Waals surface area contributed by atoms with Gasteiger partial charge in [-0.3, -0.25) is 4.79 Å². The molecule has 3 nitrogen and oxygen atoms in total. The molecule has 0 aromatic heterocycles. The second-order valence-electron chi connectivity index (χ2n) is 7.38. The van der Waals surface area contributed by atoms with Gasteiger partial charge in [-0.2, -0.15) is 0 Å². The second-order valence-corrected chi connectivity index (χ2v) is 7.38. The first-order chi connectivity index (χ1) is 11.8. The van der Waals surface area contributed by atoms with Crippen molar-refractivity contribution in [2.75, 3.05) is 27.2 Å². The lowest BCUT2D eigenvalue weighted by molar-refractivity contribution is -0.143. The average molecular weight is 350 g/mol. The second kappa shape index (κ2) is 14.9. The molecule has 0 heterocycles. The molecule has 0 aromatic carbocycles. The number of esters is 1. The number of allylic oxidation sites excluding steroid dienone is 6. The van der Waals surface area contributed by atoms with Crippen molar-refractivity contribution in [2.45, 2.75) is 72.6 Å². The molecule has 0 saturated carbocycles. The minimum Gasteiger partial charge on any atom is -0.466 e. The van der Waals surface area contributed by atoms with Gasteiger partial charge >= 0.3 is 5.97 Å². The van der Waals surface area contributed by atoms with Crippen LogP contribution in [0.4, 0.5) is 0 Å². The van der Waals surface area contributed by atoms with E-state index < -0.39 is 0 Å². The van der Waals surface area contributed by atoms with Crippen molar-refractivity contribution in [1.82, 2.24) is 4.90 Å². The highest BCUT2D eigenvalue weighted by molar-refractivity contribution is 5.69. The maximum Gasteiger partial charge on any atom is 0.306 e. The fraction of sp³-hybridized carbons (Fsp3) is 0.682. The van der Waals surface area contributed by atoms with Crippen LogP contribution in [-0.4, -0.2) is 38.1 Å². The van der Waals surface area contributed by atoms with Gasteiger partial charge in [0.25, 0.3) is 0 Å². The van der Waals surface area contributed by atoms with E-state index in [1.165, 1.54) is 16.7 Å².